The molecule has 0 atom stereocenters. The van der Waals surface area contributed by atoms with Crippen LogP contribution in [0.25, 0.3) is 0 Å². The van der Waals surface area contributed by atoms with E-state index in [1.165, 1.54) is 23.4 Å². The van der Waals surface area contributed by atoms with Crippen molar-refractivity contribution in [1.29, 1.82) is 0 Å². The summed E-state index contributed by atoms with van der Waals surface area (Å²) in [7, 11) is 1.68. The molecule has 2 nitrogen and oxygen atoms in total. The molecule has 0 aromatic heterocycles. The lowest BCUT2D eigenvalue weighted by atomic mass is 10.1. The molecule has 2 aromatic carbocycles. The third kappa shape index (κ3) is 1.82. The third-order valence-electron chi connectivity index (χ3n) is 3.32. The maximum atomic E-state index is 12.9. The van der Waals surface area contributed by atoms with E-state index in [9.17, 15) is 4.39 Å². The summed E-state index contributed by atoms with van der Waals surface area (Å²) in [4.78, 5) is 2.20. The number of fused-ring (bicyclic) bond motifs is 1. The van der Waals surface area contributed by atoms with Crippen LogP contribution in [-0.2, 0) is 6.42 Å². The number of hydrogen-bond acceptors (Lipinski definition) is 2. The molecule has 0 aliphatic carbocycles. The zero-order chi connectivity index (χ0) is 12.5. The third-order valence-corrected chi connectivity index (χ3v) is 3.32. The largest absolute Gasteiger partial charge is 0.497 e. The van der Waals surface area contributed by atoms with Crippen LogP contribution in [0.3, 0.4) is 0 Å². The zero-order valence-electron chi connectivity index (χ0n) is 10.2. The molecule has 3 heteroatoms. The van der Waals surface area contributed by atoms with Crippen LogP contribution in [0.15, 0.2) is 42.5 Å². The second-order valence-electron chi connectivity index (χ2n) is 4.37. The summed E-state index contributed by atoms with van der Waals surface area (Å²) in [6.45, 7) is 0.925. The van der Waals surface area contributed by atoms with Gasteiger partial charge >= 0.3 is 0 Å². The summed E-state index contributed by atoms with van der Waals surface area (Å²) >= 11 is 0. The zero-order valence-corrected chi connectivity index (χ0v) is 10.2. The van der Waals surface area contributed by atoms with Gasteiger partial charge in [-0.1, -0.05) is 0 Å². The molecular formula is C15H14FNO. The van der Waals surface area contributed by atoms with E-state index in [4.69, 9.17) is 4.74 Å². The lowest BCUT2D eigenvalue weighted by Gasteiger charge is -2.19. The van der Waals surface area contributed by atoms with E-state index in [2.05, 4.69) is 17.0 Å². The highest BCUT2D eigenvalue weighted by Gasteiger charge is 2.20. The molecule has 0 fully saturated rings. The van der Waals surface area contributed by atoms with E-state index < -0.39 is 0 Å². The average Bonchev–Trinajstić information content (AvgIpc) is 2.82. The Labute approximate surface area is 106 Å². The number of rotatable bonds is 2. The first-order valence-electron chi connectivity index (χ1n) is 5.98. The Balaban J connectivity index is 1.97. The lowest BCUT2D eigenvalue weighted by Crippen LogP contribution is -2.12. The van der Waals surface area contributed by atoms with Crippen LogP contribution in [0.5, 0.6) is 5.75 Å². The molecule has 0 bridgehead atoms. The quantitative estimate of drug-likeness (QED) is 0.800. The van der Waals surface area contributed by atoms with Gasteiger partial charge in [-0.15, -0.1) is 0 Å². The van der Waals surface area contributed by atoms with Crippen LogP contribution in [0.4, 0.5) is 15.8 Å². The summed E-state index contributed by atoms with van der Waals surface area (Å²) in [5.74, 6) is 0.683. The highest BCUT2D eigenvalue weighted by Crippen LogP contribution is 2.36. The predicted molar refractivity (Wildman–Crippen MR) is 70.1 cm³/mol. The fraction of sp³-hybridized carbons (Fsp3) is 0.200. The minimum atomic E-state index is -0.201. The van der Waals surface area contributed by atoms with Crippen LogP contribution in [-0.4, -0.2) is 13.7 Å². The number of benzene rings is 2. The Morgan fingerprint density at radius 1 is 1.11 bits per heavy atom. The van der Waals surface area contributed by atoms with Crippen molar-refractivity contribution in [2.75, 3.05) is 18.6 Å². The van der Waals surface area contributed by atoms with Gasteiger partial charge in [0.05, 0.1) is 7.11 Å². The Kier molecular flexibility index (Phi) is 2.67. The topological polar surface area (TPSA) is 12.5 Å². The summed E-state index contributed by atoms with van der Waals surface area (Å²) in [6.07, 6.45) is 0.990. The smallest absolute Gasteiger partial charge is 0.123 e. The van der Waals surface area contributed by atoms with Crippen molar-refractivity contribution in [1.82, 2.24) is 0 Å². The molecule has 1 aliphatic rings. The molecule has 18 heavy (non-hydrogen) atoms. The van der Waals surface area contributed by atoms with E-state index in [0.717, 1.165) is 24.4 Å². The van der Waals surface area contributed by atoms with Crippen LogP contribution in [0.1, 0.15) is 5.56 Å². The molecule has 0 unspecified atom stereocenters. The molecule has 1 aliphatic heterocycles. The predicted octanol–water partition coefficient (Wildman–Crippen LogP) is 3.53. The normalized spacial score (nSPS) is 13.6. The average molecular weight is 243 g/mol. The van der Waals surface area contributed by atoms with E-state index >= 15 is 0 Å². The molecule has 2 aromatic rings. The van der Waals surface area contributed by atoms with Crippen molar-refractivity contribution >= 4 is 11.4 Å². The Morgan fingerprint density at radius 2 is 1.89 bits per heavy atom. The molecular weight excluding hydrogens is 229 g/mol. The van der Waals surface area contributed by atoms with Crippen LogP contribution in [0, 0.1) is 5.82 Å². The van der Waals surface area contributed by atoms with Gasteiger partial charge in [0, 0.05) is 17.9 Å². The number of nitrogens with zero attached hydrogens (tertiary/aromatic N) is 1. The monoisotopic (exact) mass is 243 g/mol. The first-order valence-corrected chi connectivity index (χ1v) is 5.98. The van der Waals surface area contributed by atoms with Gasteiger partial charge in [0.25, 0.3) is 0 Å². The second kappa shape index (κ2) is 4.33. The molecule has 0 saturated carbocycles. The summed E-state index contributed by atoms with van der Waals surface area (Å²) in [5.41, 5.74) is 3.49. The van der Waals surface area contributed by atoms with Gasteiger partial charge in [0.1, 0.15) is 11.6 Å². The minimum absolute atomic E-state index is 0.201. The molecule has 1 heterocycles. The summed E-state index contributed by atoms with van der Waals surface area (Å²) in [6, 6.07) is 12.7. The maximum absolute atomic E-state index is 12.9. The highest BCUT2D eigenvalue weighted by molar-refractivity contribution is 5.70. The summed E-state index contributed by atoms with van der Waals surface area (Å²) in [5, 5.41) is 0. The van der Waals surface area contributed by atoms with Gasteiger partial charge in [-0.3, -0.25) is 0 Å². The highest BCUT2D eigenvalue weighted by atomic mass is 19.1. The molecule has 0 N–H and O–H groups in total. The van der Waals surface area contributed by atoms with Crippen LogP contribution >= 0.6 is 0 Å². The van der Waals surface area contributed by atoms with Gasteiger partial charge < -0.3 is 9.64 Å². The van der Waals surface area contributed by atoms with Crippen molar-refractivity contribution in [2.24, 2.45) is 0 Å². The van der Waals surface area contributed by atoms with E-state index in [-0.39, 0.29) is 5.82 Å². The molecule has 0 amide bonds. The Bertz CT molecular complexity index is 565. The van der Waals surface area contributed by atoms with Crippen LogP contribution in [0.2, 0.25) is 0 Å². The Morgan fingerprint density at radius 3 is 2.61 bits per heavy atom. The van der Waals surface area contributed by atoms with Crippen molar-refractivity contribution < 1.29 is 9.13 Å². The molecule has 0 saturated heterocycles. The number of methoxy groups -OCH3 is 1. The van der Waals surface area contributed by atoms with Gasteiger partial charge in [-0.2, -0.15) is 0 Å². The van der Waals surface area contributed by atoms with Crippen LogP contribution < -0.4 is 9.64 Å². The van der Waals surface area contributed by atoms with Crippen molar-refractivity contribution in [3.05, 3.63) is 53.8 Å². The molecule has 92 valence electrons. The van der Waals surface area contributed by atoms with Gasteiger partial charge in [0.2, 0.25) is 0 Å². The first kappa shape index (κ1) is 11.1. The summed E-state index contributed by atoms with van der Waals surface area (Å²) < 4.78 is 18.2. The number of anilines is 2. The fourth-order valence-corrected chi connectivity index (χ4v) is 2.39. The lowest BCUT2D eigenvalue weighted by molar-refractivity contribution is 0.414. The first-order chi connectivity index (χ1) is 8.78. The molecule has 0 radical (unpaired) electrons. The minimum Gasteiger partial charge on any atom is -0.497 e. The van der Waals surface area contributed by atoms with Crippen molar-refractivity contribution in [3.8, 4) is 5.75 Å². The number of ether oxygens (including phenoxy) is 1. The standard InChI is InChI=1S/C15H14FNO/c1-18-14-6-7-15-11(10-14)8-9-17(15)13-4-2-12(16)3-5-13/h2-7,10H,8-9H2,1H3. The maximum Gasteiger partial charge on any atom is 0.123 e. The van der Waals surface area contributed by atoms with Gasteiger partial charge in [-0.05, 0) is 54.4 Å². The van der Waals surface area contributed by atoms with E-state index in [0.29, 0.717) is 0 Å². The number of halogens is 1. The van der Waals surface area contributed by atoms with Crippen molar-refractivity contribution in [2.45, 2.75) is 6.42 Å². The Hall–Kier alpha value is -2.03. The van der Waals surface area contributed by atoms with E-state index in [1.807, 2.05) is 18.2 Å². The molecule has 0 spiro atoms. The molecule has 3 rings (SSSR count). The van der Waals surface area contributed by atoms with Gasteiger partial charge in [-0.25, -0.2) is 4.39 Å². The fourth-order valence-electron chi connectivity index (χ4n) is 2.39. The van der Waals surface area contributed by atoms with Gasteiger partial charge in [0.15, 0.2) is 0 Å². The van der Waals surface area contributed by atoms with E-state index in [1.54, 1.807) is 7.11 Å². The second-order valence-corrected chi connectivity index (χ2v) is 4.37. The van der Waals surface area contributed by atoms with Crippen molar-refractivity contribution in [3.63, 3.8) is 0 Å². The number of hydrogen-bond donors (Lipinski definition) is 0. The SMILES string of the molecule is COc1ccc2c(c1)CCN2c1ccc(F)cc1.